The number of hydrogen-bond donors (Lipinski definition) is 0. The Bertz CT molecular complexity index is 3860. The van der Waals surface area contributed by atoms with Crippen molar-refractivity contribution in [1.29, 1.82) is 0 Å². The number of nitrogens with zero attached hydrogens (tertiary/aromatic N) is 7. The zero-order valence-corrected chi connectivity index (χ0v) is 35.3. The summed E-state index contributed by atoms with van der Waals surface area (Å²) in [5.41, 5.74) is 13.4. The maximum atomic E-state index is 7.78. The molecule has 0 saturated carbocycles. The monoisotopic (exact) mass is 841 g/mol. The molecule has 0 radical (unpaired) electrons. The molecule has 0 aliphatic rings. The first-order valence-corrected chi connectivity index (χ1v) is 21.7. The minimum Gasteiger partial charge on any atom is -0.309 e. The van der Waals surface area contributed by atoms with Crippen molar-refractivity contribution in [2.24, 2.45) is 0 Å². The van der Waals surface area contributed by atoms with E-state index in [9.17, 15) is 0 Å². The predicted octanol–water partition coefficient (Wildman–Crippen LogP) is 15.5. The number of rotatable bonds is 7. The summed E-state index contributed by atoms with van der Waals surface area (Å²) < 4.78 is 4.67. The Hall–Kier alpha value is -9.43. The number of hydrogen-bond acceptors (Lipinski definition) is 3. The molecule has 0 aliphatic heterocycles. The molecular formula is C59H35N7. The molecule has 0 unspecified atom stereocenters. The minimum absolute atomic E-state index is 0.427. The zero-order chi connectivity index (χ0) is 44.1. The third-order valence-corrected chi connectivity index (χ3v) is 12.4. The van der Waals surface area contributed by atoms with Gasteiger partial charge in [0.25, 0.3) is 0 Å². The summed E-state index contributed by atoms with van der Waals surface area (Å²) in [7, 11) is 0. The maximum Gasteiger partial charge on any atom is 0.177 e. The Labute approximate surface area is 380 Å². The van der Waals surface area contributed by atoms with Crippen molar-refractivity contribution >= 4 is 55.0 Å². The standard InChI is InChI=1S/C59H35N7/c1-60-43-33-42(34-44(37-43)61-2)40-29-31-49-47-23-12-15-28-53(47)66(55(49)36-40)54-32-30-41(46-25-16-26-50-48-24-13-14-27-52(48)65(56(46)50)45-21-10-5-11-22-45)35-51(54)59-63-57(38-17-6-3-7-18-38)62-58(64-59)39-19-8-4-9-20-39/h3-37H. The van der Waals surface area contributed by atoms with Crippen molar-refractivity contribution < 1.29 is 0 Å². The van der Waals surface area contributed by atoms with Gasteiger partial charge in [-0.3, -0.25) is 0 Å². The lowest BCUT2D eigenvalue weighted by atomic mass is 9.98. The van der Waals surface area contributed by atoms with E-state index >= 15 is 0 Å². The molecule has 306 valence electrons. The smallest absolute Gasteiger partial charge is 0.177 e. The van der Waals surface area contributed by atoms with Crippen LogP contribution in [-0.2, 0) is 0 Å². The van der Waals surface area contributed by atoms with E-state index in [1.54, 1.807) is 6.07 Å². The van der Waals surface area contributed by atoms with Crippen molar-refractivity contribution in [3.8, 4) is 67.8 Å². The fourth-order valence-electron chi connectivity index (χ4n) is 9.40. The Morgan fingerprint density at radius 1 is 0.333 bits per heavy atom. The van der Waals surface area contributed by atoms with Crippen molar-refractivity contribution in [3.05, 3.63) is 235 Å². The van der Waals surface area contributed by atoms with Gasteiger partial charge in [-0.15, -0.1) is 0 Å². The Morgan fingerprint density at radius 2 is 0.864 bits per heavy atom. The second-order valence-electron chi connectivity index (χ2n) is 16.2. The van der Waals surface area contributed by atoms with Crippen LogP contribution in [0.5, 0.6) is 0 Å². The zero-order valence-electron chi connectivity index (χ0n) is 35.3. The largest absolute Gasteiger partial charge is 0.309 e. The van der Waals surface area contributed by atoms with Crippen LogP contribution in [-0.4, -0.2) is 24.1 Å². The molecule has 0 saturated heterocycles. The van der Waals surface area contributed by atoms with Crippen LogP contribution in [0.25, 0.3) is 121 Å². The van der Waals surface area contributed by atoms with Crippen LogP contribution in [0.4, 0.5) is 11.4 Å². The molecule has 3 heterocycles. The highest BCUT2D eigenvalue weighted by Crippen LogP contribution is 2.43. The van der Waals surface area contributed by atoms with Gasteiger partial charge in [0, 0.05) is 49.5 Å². The van der Waals surface area contributed by atoms with Crippen LogP contribution in [0.1, 0.15) is 0 Å². The summed E-state index contributed by atoms with van der Waals surface area (Å²) in [4.78, 5) is 23.1. The van der Waals surface area contributed by atoms with Gasteiger partial charge in [-0.2, -0.15) is 0 Å². The third-order valence-electron chi connectivity index (χ3n) is 12.4. The molecule has 7 heteroatoms. The van der Waals surface area contributed by atoms with Crippen molar-refractivity contribution in [2.75, 3.05) is 0 Å². The van der Waals surface area contributed by atoms with Crippen LogP contribution in [0.15, 0.2) is 212 Å². The van der Waals surface area contributed by atoms with Crippen LogP contribution >= 0.6 is 0 Å². The van der Waals surface area contributed by atoms with Gasteiger partial charge in [0.15, 0.2) is 28.8 Å². The SMILES string of the molecule is [C-]#[N+]c1cc([N+]#[C-])cc(-c2ccc3c4ccccc4n(-c4ccc(-c5cccc6c7ccccc7n(-c7ccccc7)c56)cc4-c4nc(-c5ccccc5)nc(-c5ccccc5)n4)c3c2)c1. The van der Waals surface area contributed by atoms with Gasteiger partial charge >= 0.3 is 0 Å². The van der Waals surface area contributed by atoms with Crippen LogP contribution in [0.3, 0.4) is 0 Å². The first-order chi connectivity index (χ1) is 32.6. The molecule has 0 aliphatic carbocycles. The normalized spacial score (nSPS) is 11.3. The van der Waals surface area contributed by atoms with Gasteiger partial charge in [0.1, 0.15) is 0 Å². The molecule has 0 N–H and O–H groups in total. The lowest BCUT2D eigenvalue weighted by Gasteiger charge is -2.17. The Balaban J connectivity index is 1.18. The van der Waals surface area contributed by atoms with E-state index in [0.717, 1.165) is 88.5 Å². The van der Waals surface area contributed by atoms with Gasteiger partial charge in [0.2, 0.25) is 0 Å². The summed E-state index contributed by atoms with van der Waals surface area (Å²) in [5, 5.41) is 4.50. The molecular weight excluding hydrogens is 807 g/mol. The number of benzene rings is 9. The average Bonchev–Trinajstić information content (AvgIpc) is 3.91. The second-order valence-corrected chi connectivity index (χ2v) is 16.2. The summed E-state index contributed by atoms with van der Waals surface area (Å²) in [5.74, 6) is 1.67. The van der Waals surface area contributed by atoms with E-state index in [-0.39, 0.29) is 0 Å². The lowest BCUT2D eigenvalue weighted by Crippen LogP contribution is -2.04. The van der Waals surface area contributed by atoms with Crippen molar-refractivity contribution in [3.63, 3.8) is 0 Å². The highest BCUT2D eigenvalue weighted by Gasteiger charge is 2.23. The molecule has 12 rings (SSSR count). The van der Waals surface area contributed by atoms with Crippen LogP contribution in [0.2, 0.25) is 0 Å². The van der Waals surface area contributed by atoms with Gasteiger partial charge in [0.05, 0.1) is 40.9 Å². The molecule has 9 aromatic carbocycles. The van der Waals surface area contributed by atoms with E-state index in [4.69, 9.17) is 28.1 Å². The summed E-state index contributed by atoms with van der Waals surface area (Å²) in [6.45, 7) is 15.6. The van der Waals surface area contributed by atoms with E-state index in [2.05, 4.69) is 152 Å². The van der Waals surface area contributed by atoms with E-state index < -0.39 is 0 Å². The van der Waals surface area contributed by atoms with E-state index in [1.165, 1.54) is 5.39 Å². The van der Waals surface area contributed by atoms with E-state index in [1.807, 2.05) is 72.8 Å². The number of para-hydroxylation sites is 4. The molecule has 3 aromatic heterocycles. The maximum absolute atomic E-state index is 7.78. The summed E-state index contributed by atoms with van der Waals surface area (Å²) >= 11 is 0. The molecule has 0 bridgehead atoms. The molecule has 0 amide bonds. The van der Waals surface area contributed by atoms with Gasteiger partial charge in [-0.05, 0) is 59.2 Å². The molecule has 66 heavy (non-hydrogen) atoms. The van der Waals surface area contributed by atoms with Crippen LogP contribution in [0, 0.1) is 13.1 Å². The van der Waals surface area contributed by atoms with Gasteiger partial charge < -0.3 is 9.13 Å². The topological polar surface area (TPSA) is 57.2 Å². The summed E-state index contributed by atoms with van der Waals surface area (Å²) in [6, 6.07) is 72.7. The second kappa shape index (κ2) is 15.7. The van der Waals surface area contributed by atoms with Crippen molar-refractivity contribution in [1.82, 2.24) is 24.1 Å². The molecule has 0 fully saturated rings. The fourth-order valence-corrected chi connectivity index (χ4v) is 9.40. The Morgan fingerprint density at radius 3 is 1.52 bits per heavy atom. The molecule has 0 atom stereocenters. The highest BCUT2D eigenvalue weighted by atomic mass is 15.1. The predicted molar refractivity (Wildman–Crippen MR) is 268 cm³/mol. The lowest BCUT2D eigenvalue weighted by molar-refractivity contribution is 1.06. The number of fused-ring (bicyclic) bond motifs is 6. The first kappa shape index (κ1) is 38.3. The first-order valence-electron chi connectivity index (χ1n) is 21.7. The van der Waals surface area contributed by atoms with Crippen LogP contribution < -0.4 is 0 Å². The van der Waals surface area contributed by atoms with E-state index in [0.29, 0.717) is 28.8 Å². The Kier molecular flexibility index (Phi) is 9.12. The van der Waals surface area contributed by atoms with Gasteiger partial charge in [-0.1, -0.05) is 170 Å². The molecule has 7 nitrogen and oxygen atoms in total. The fraction of sp³-hybridized carbons (Fsp3) is 0. The molecule has 12 aromatic rings. The summed E-state index contributed by atoms with van der Waals surface area (Å²) in [6.07, 6.45) is 0. The minimum atomic E-state index is 0.427. The van der Waals surface area contributed by atoms with Gasteiger partial charge in [-0.25, -0.2) is 24.6 Å². The quantitative estimate of drug-likeness (QED) is 0.150. The average molecular weight is 842 g/mol. The number of aromatic nitrogens is 5. The third kappa shape index (κ3) is 6.39. The highest BCUT2D eigenvalue weighted by molar-refractivity contribution is 6.14. The molecule has 0 spiro atoms. The van der Waals surface area contributed by atoms with Crippen molar-refractivity contribution in [2.45, 2.75) is 0 Å².